The van der Waals surface area contributed by atoms with E-state index in [1.54, 1.807) is 42.2 Å². The first-order valence-corrected chi connectivity index (χ1v) is 13.0. The molecule has 0 saturated heterocycles. The second-order valence-corrected chi connectivity index (χ2v) is 10.1. The number of hydrogen-bond acceptors (Lipinski definition) is 6. The van der Waals surface area contributed by atoms with E-state index in [0.717, 1.165) is 11.1 Å². The normalized spacial score (nSPS) is 21.9. The summed E-state index contributed by atoms with van der Waals surface area (Å²) in [6.45, 7) is 7.19. The minimum absolute atomic E-state index is 0.0427. The van der Waals surface area contributed by atoms with Gasteiger partial charge in [0.1, 0.15) is 6.10 Å². The minimum Gasteiger partial charge on any atom is -0.394 e. The molecule has 0 aliphatic carbocycles. The first kappa shape index (κ1) is 28.2. The molecule has 2 aromatic carbocycles. The lowest BCUT2D eigenvalue weighted by Gasteiger charge is -2.36. The lowest BCUT2D eigenvalue weighted by atomic mass is 9.82. The summed E-state index contributed by atoms with van der Waals surface area (Å²) in [5.74, 6) is -2.02. The largest absolute Gasteiger partial charge is 0.394 e. The van der Waals surface area contributed by atoms with Gasteiger partial charge in [0.15, 0.2) is 5.60 Å². The maximum atomic E-state index is 13.5. The summed E-state index contributed by atoms with van der Waals surface area (Å²) in [5.41, 5.74) is 1.37. The van der Waals surface area contributed by atoms with Crippen LogP contribution in [0.5, 0.6) is 0 Å². The predicted octanol–water partition coefficient (Wildman–Crippen LogP) is 2.25. The van der Waals surface area contributed by atoms with E-state index < -0.39 is 29.4 Å². The van der Waals surface area contributed by atoms with Crippen molar-refractivity contribution in [3.05, 3.63) is 84.0 Å². The van der Waals surface area contributed by atoms with Gasteiger partial charge in [-0.25, -0.2) is 0 Å². The minimum atomic E-state index is -1.94. The molecular weight excluding hydrogens is 498 g/mol. The molecule has 2 aliphatic rings. The van der Waals surface area contributed by atoms with Crippen molar-refractivity contribution < 1.29 is 29.7 Å². The summed E-state index contributed by atoms with van der Waals surface area (Å²) in [4.78, 5) is 41.7. The van der Waals surface area contributed by atoms with Crippen molar-refractivity contribution >= 4 is 29.1 Å². The Hall–Kier alpha value is -3.79. The highest BCUT2D eigenvalue weighted by atomic mass is 16.3. The molecular formula is C30H35N3O6. The van der Waals surface area contributed by atoms with E-state index in [2.05, 4.69) is 11.9 Å². The lowest BCUT2D eigenvalue weighted by Crippen LogP contribution is -2.46. The van der Waals surface area contributed by atoms with Crippen molar-refractivity contribution in [2.24, 2.45) is 5.92 Å². The predicted molar refractivity (Wildman–Crippen MR) is 148 cm³/mol. The summed E-state index contributed by atoms with van der Waals surface area (Å²) < 4.78 is 0. The van der Waals surface area contributed by atoms with Crippen LogP contribution in [0.25, 0.3) is 0 Å². The van der Waals surface area contributed by atoms with Gasteiger partial charge in [0.2, 0.25) is 5.91 Å². The van der Waals surface area contributed by atoms with Gasteiger partial charge in [0, 0.05) is 36.7 Å². The second-order valence-electron chi connectivity index (χ2n) is 10.1. The van der Waals surface area contributed by atoms with Gasteiger partial charge in [-0.1, -0.05) is 49.4 Å². The molecule has 0 aromatic heterocycles. The monoisotopic (exact) mass is 533 g/mol. The first-order chi connectivity index (χ1) is 18.6. The number of benzene rings is 2. The van der Waals surface area contributed by atoms with Crippen molar-refractivity contribution in [2.75, 3.05) is 23.4 Å². The molecule has 3 amide bonds. The van der Waals surface area contributed by atoms with Crippen LogP contribution in [-0.4, -0.2) is 63.2 Å². The molecule has 4 atom stereocenters. The lowest BCUT2D eigenvalue weighted by molar-refractivity contribution is -0.139. The molecule has 0 bridgehead atoms. The third-order valence-corrected chi connectivity index (χ3v) is 7.49. The average molecular weight is 534 g/mol. The van der Waals surface area contributed by atoms with Crippen LogP contribution in [0.15, 0.2) is 67.3 Å². The van der Waals surface area contributed by atoms with Crippen LogP contribution in [0.2, 0.25) is 0 Å². The van der Waals surface area contributed by atoms with E-state index in [1.807, 2.05) is 24.3 Å². The van der Waals surface area contributed by atoms with E-state index in [4.69, 9.17) is 0 Å². The number of nitrogens with one attached hydrogen (secondary N) is 1. The number of carbonyl (C=O) groups is 3. The number of amides is 3. The fraction of sp³-hybridized carbons (Fsp3) is 0.367. The van der Waals surface area contributed by atoms with E-state index >= 15 is 0 Å². The summed E-state index contributed by atoms with van der Waals surface area (Å²) in [6, 6.07) is 12.3. The van der Waals surface area contributed by atoms with E-state index in [-0.39, 0.29) is 31.5 Å². The molecule has 4 rings (SSSR count). The molecule has 2 aromatic rings. The zero-order chi connectivity index (χ0) is 28.3. The van der Waals surface area contributed by atoms with Gasteiger partial charge < -0.3 is 30.4 Å². The Balaban J connectivity index is 1.54. The molecule has 4 N–H and O–H groups in total. The Morgan fingerprint density at radius 1 is 1.21 bits per heavy atom. The Kier molecular flexibility index (Phi) is 8.34. The van der Waals surface area contributed by atoms with Crippen molar-refractivity contribution in [2.45, 2.75) is 51.0 Å². The maximum Gasteiger partial charge on any atom is 0.264 e. The Bertz CT molecular complexity index is 1310. The van der Waals surface area contributed by atoms with Gasteiger partial charge in [-0.2, -0.15) is 0 Å². The summed E-state index contributed by atoms with van der Waals surface area (Å²) in [6.07, 6.45) is 4.24. The molecule has 0 fully saturated rings. The van der Waals surface area contributed by atoms with Crippen LogP contribution in [0.4, 0.5) is 11.4 Å². The molecule has 2 heterocycles. The summed E-state index contributed by atoms with van der Waals surface area (Å²) >= 11 is 0. The summed E-state index contributed by atoms with van der Waals surface area (Å²) in [7, 11) is 0. The van der Waals surface area contributed by atoms with Gasteiger partial charge in [0.05, 0.1) is 18.3 Å². The number of rotatable bonds is 9. The highest BCUT2D eigenvalue weighted by molar-refractivity contribution is 6.08. The molecule has 2 aliphatic heterocycles. The quantitative estimate of drug-likeness (QED) is 0.366. The van der Waals surface area contributed by atoms with Crippen molar-refractivity contribution in [1.29, 1.82) is 0 Å². The zero-order valence-corrected chi connectivity index (χ0v) is 22.2. The van der Waals surface area contributed by atoms with E-state index in [9.17, 15) is 29.7 Å². The molecule has 9 nitrogen and oxygen atoms in total. The van der Waals surface area contributed by atoms with Crippen LogP contribution in [0.3, 0.4) is 0 Å². The van der Waals surface area contributed by atoms with Crippen LogP contribution in [0.1, 0.15) is 37.0 Å². The molecule has 39 heavy (non-hydrogen) atoms. The smallest absolute Gasteiger partial charge is 0.264 e. The number of aliphatic hydroxyl groups excluding tert-OH is 2. The molecule has 0 saturated carbocycles. The summed E-state index contributed by atoms with van der Waals surface area (Å²) in [5, 5.41) is 33.8. The molecule has 0 spiro atoms. The molecule has 9 heteroatoms. The zero-order valence-electron chi connectivity index (χ0n) is 22.2. The van der Waals surface area contributed by atoms with Crippen molar-refractivity contribution in [3.63, 3.8) is 0 Å². The third-order valence-electron chi connectivity index (χ3n) is 7.49. The van der Waals surface area contributed by atoms with E-state index in [0.29, 0.717) is 29.9 Å². The van der Waals surface area contributed by atoms with Gasteiger partial charge in [0.25, 0.3) is 11.8 Å². The standard InChI is InChI=1S/C30H35N3O6/c1-4-14-32-26-13-12-23(31-28(37)20(3)35)16-25(26)30(39,29(32)38)19(2)8-7-11-27(36)33-17-22-10-6-5-9-21(22)15-24(33)18-34/h4-10,12-13,16,19-20,24,34-35,39H,1,11,14-15,17-18H2,2-3H3,(H,31,37)/b8-7+/t19-,20-,24-,30+/m0/s1. The number of hydrogen-bond donors (Lipinski definition) is 4. The maximum absolute atomic E-state index is 13.5. The van der Waals surface area contributed by atoms with Gasteiger partial charge >= 0.3 is 0 Å². The van der Waals surface area contributed by atoms with E-state index in [1.165, 1.54) is 17.9 Å². The van der Waals surface area contributed by atoms with Crippen LogP contribution >= 0.6 is 0 Å². The van der Waals surface area contributed by atoms with Crippen LogP contribution in [-0.2, 0) is 33.0 Å². The van der Waals surface area contributed by atoms with Gasteiger partial charge in [-0.3, -0.25) is 14.4 Å². The molecule has 0 unspecified atom stereocenters. The Labute approximate surface area is 228 Å². The topological polar surface area (TPSA) is 130 Å². The van der Waals surface area contributed by atoms with Crippen molar-refractivity contribution in [1.82, 2.24) is 4.90 Å². The van der Waals surface area contributed by atoms with Crippen LogP contribution in [0, 0.1) is 5.92 Å². The molecule has 206 valence electrons. The number of aliphatic hydroxyl groups is 3. The van der Waals surface area contributed by atoms with Crippen molar-refractivity contribution in [3.8, 4) is 0 Å². The number of nitrogens with zero attached hydrogens (tertiary/aromatic N) is 2. The Morgan fingerprint density at radius 2 is 1.92 bits per heavy atom. The third kappa shape index (κ3) is 5.38. The van der Waals surface area contributed by atoms with Gasteiger partial charge in [-0.05, 0) is 42.7 Å². The fourth-order valence-electron chi connectivity index (χ4n) is 5.25. The highest BCUT2D eigenvalue weighted by Gasteiger charge is 2.52. The number of fused-ring (bicyclic) bond motifs is 2. The first-order valence-electron chi connectivity index (χ1n) is 13.0. The van der Waals surface area contributed by atoms with Gasteiger partial charge in [-0.15, -0.1) is 6.58 Å². The number of anilines is 2. The molecule has 0 radical (unpaired) electrons. The second kappa shape index (κ2) is 11.5. The fourth-order valence-corrected chi connectivity index (χ4v) is 5.25. The average Bonchev–Trinajstić information content (AvgIpc) is 3.14. The SMILES string of the molecule is C=CCN1C(=O)[C@@](O)([C@@H](C)/C=C/CC(=O)N2Cc3ccccc3C[C@H]2CO)c2cc(NC(=O)[C@H](C)O)ccc21. The Morgan fingerprint density at radius 3 is 2.59 bits per heavy atom. The number of carbonyl (C=O) groups excluding carboxylic acids is 3. The highest BCUT2D eigenvalue weighted by Crippen LogP contribution is 2.46. The van der Waals surface area contributed by atoms with Crippen LogP contribution < -0.4 is 10.2 Å².